The largest absolute Gasteiger partial charge is 0.494 e. The second-order valence-electron chi connectivity index (χ2n) is 5.93. The van der Waals surface area contributed by atoms with E-state index in [1.54, 1.807) is 24.3 Å². The lowest BCUT2D eigenvalue weighted by Crippen LogP contribution is -2.23. The molecule has 9 nitrogen and oxygen atoms in total. The van der Waals surface area contributed by atoms with Crippen LogP contribution in [-0.4, -0.2) is 38.2 Å². The molecule has 0 bridgehead atoms. The first-order valence-corrected chi connectivity index (χ1v) is 10.6. The number of halogens is 1. The fourth-order valence-corrected chi connectivity index (χ4v) is 3.68. The maximum Gasteiger partial charge on any atom is 0.339 e. The van der Waals surface area contributed by atoms with Gasteiger partial charge in [-0.25, -0.2) is 17.9 Å². The molecule has 30 heavy (non-hydrogen) atoms. The Kier molecular flexibility index (Phi) is 6.70. The number of aromatic nitrogens is 2. The van der Waals surface area contributed by atoms with Gasteiger partial charge < -0.3 is 14.0 Å². The van der Waals surface area contributed by atoms with Crippen molar-refractivity contribution in [3.05, 3.63) is 58.9 Å². The minimum absolute atomic E-state index is 0.0578. The Morgan fingerprint density at radius 2 is 1.93 bits per heavy atom. The van der Waals surface area contributed by atoms with Crippen LogP contribution in [0.3, 0.4) is 0 Å². The topological polar surface area (TPSA) is 121 Å². The summed E-state index contributed by atoms with van der Waals surface area (Å²) < 4.78 is 42.5. The molecule has 11 heteroatoms. The summed E-state index contributed by atoms with van der Waals surface area (Å²) in [7, 11) is -2.79. The molecule has 3 rings (SSSR count). The number of rotatable bonds is 8. The molecule has 1 N–H and O–H groups in total. The molecule has 0 fully saturated rings. The number of nitrogens with one attached hydrogen (secondary N) is 1. The van der Waals surface area contributed by atoms with Gasteiger partial charge in [0.1, 0.15) is 5.75 Å². The van der Waals surface area contributed by atoms with Crippen molar-refractivity contribution in [2.45, 2.75) is 18.4 Å². The van der Waals surface area contributed by atoms with Gasteiger partial charge in [0.05, 0.1) is 35.7 Å². The van der Waals surface area contributed by atoms with E-state index in [9.17, 15) is 13.2 Å². The first kappa shape index (κ1) is 21.8. The van der Waals surface area contributed by atoms with Gasteiger partial charge in [0.25, 0.3) is 0 Å². The van der Waals surface area contributed by atoms with E-state index in [0.29, 0.717) is 23.7 Å². The van der Waals surface area contributed by atoms with Gasteiger partial charge in [-0.3, -0.25) is 0 Å². The van der Waals surface area contributed by atoms with E-state index in [1.165, 1.54) is 19.2 Å². The van der Waals surface area contributed by atoms with Gasteiger partial charge in [-0.15, -0.1) is 0 Å². The highest BCUT2D eigenvalue weighted by Crippen LogP contribution is 2.22. The van der Waals surface area contributed by atoms with Gasteiger partial charge in [0, 0.05) is 5.56 Å². The van der Waals surface area contributed by atoms with Crippen molar-refractivity contribution in [1.82, 2.24) is 14.9 Å². The van der Waals surface area contributed by atoms with E-state index in [4.69, 9.17) is 20.9 Å². The second kappa shape index (κ2) is 9.24. The first-order valence-electron chi connectivity index (χ1n) is 8.77. The summed E-state index contributed by atoms with van der Waals surface area (Å²) in [6, 6.07) is 10.8. The van der Waals surface area contributed by atoms with E-state index < -0.39 is 16.0 Å². The number of sulfonamides is 1. The summed E-state index contributed by atoms with van der Waals surface area (Å²) >= 11 is 5.92. The van der Waals surface area contributed by atoms with Crippen LogP contribution in [0.2, 0.25) is 5.02 Å². The van der Waals surface area contributed by atoms with E-state index >= 15 is 0 Å². The normalized spacial score (nSPS) is 11.3. The van der Waals surface area contributed by atoms with Crippen molar-refractivity contribution < 1.29 is 27.2 Å². The molecule has 0 saturated heterocycles. The van der Waals surface area contributed by atoms with Crippen molar-refractivity contribution in [2.24, 2.45) is 0 Å². The number of ether oxygens (including phenoxy) is 2. The highest BCUT2D eigenvalue weighted by molar-refractivity contribution is 7.89. The molecule has 3 aromatic rings. The number of carbonyl (C=O) groups excluding carboxylic acids is 1. The van der Waals surface area contributed by atoms with Crippen LogP contribution in [0, 0.1) is 0 Å². The van der Waals surface area contributed by atoms with Crippen molar-refractivity contribution in [3.63, 3.8) is 0 Å². The van der Waals surface area contributed by atoms with Gasteiger partial charge in [0.15, 0.2) is 0 Å². The zero-order valence-corrected chi connectivity index (χ0v) is 17.7. The molecule has 0 unspecified atom stereocenters. The third kappa shape index (κ3) is 4.96. The highest BCUT2D eigenvalue weighted by Gasteiger charge is 2.20. The minimum atomic E-state index is -3.97. The summed E-state index contributed by atoms with van der Waals surface area (Å²) in [5.74, 6) is 0.359. The van der Waals surface area contributed by atoms with E-state index in [2.05, 4.69) is 19.6 Å². The quantitative estimate of drug-likeness (QED) is 0.519. The van der Waals surface area contributed by atoms with E-state index in [0.717, 1.165) is 6.07 Å². The maximum absolute atomic E-state index is 12.5. The lowest BCUT2D eigenvalue weighted by molar-refractivity contribution is 0.0600. The third-order valence-electron chi connectivity index (χ3n) is 3.96. The molecule has 0 amide bonds. The van der Waals surface area contributed by atoms with Crippen LogP contribution in [0.25, 0.3) is 11.4 Å². The predicted molar refractivity (Wildman–Crippen MR) is 108 cm³/mol. The molecule has 158 valence electrons. The summed E-state index contributed by atoms with van der Waals surface area (Å²) in [4.78, 5) is 15.8. The third-order valence-corrected chi connectivity index (χ3v) is 5.69. The van der Waals surface area contributed by atoms with Crippen molar-refractivity contribution in [2.75, 3.05) is 13.7 Å². The number of hydrogen-bond donors (Lipinski definition) is 1. The predicted octanol–water partition coefficient (Wildman–Crippen LogP) is 3.05. The fourth-order valence-electron chi connectivity index (χ4n) is 2.49. The van der Waals surface area contributed by atoms with E-state index in [-0.39, 0.29) is 27.9 Å². The van der Waals surface area contributed by atoms with Crippen LogP contribution in [0.15, 0.2) is 51.9 Å². The van der Waals surface area contributed by atoms with Crippen LogP contribution >= 0.6 is 11.6 Å². The van der Waals surface area contributed by atoms with Crippen LogP contribution in [0.1, 0.15) is 23.2 Å². The molecule has 0 saturated carbocycles. The molecule has 1 aromatic heterocycles. The SMILES string of the molecule is CCOc1ccc(-c2noc(CNS(=O)(=O)c3ccc(Cl)c(C(=O)OC)c3)n2)cc1. The van der Waals surface area contributed by atoms with Crippen LogP contribution in [0.5, 0.6) is 5.75 Å². The zero-order valence-electron chi connectivity index (χ0n) is 16.1. The Hall–Kier alpha value is -2.95. The molecule has 0 aliphatic carbocycles. The van der Waals surface area contributed by atoms with Gasteiger partial charge in [-0.05, 0) is 49.4 Å². The molecule has 2 aromatic carbocycles. The molecule has 1 heterocycles. The molecule has 0 radical (unpaired) electrons. The summed E-state index contributed by atoms with van der Waals surface area (Å²) in [6.07, 6.45) is 0. The standard InChI is InChI=1S/C19H18ClN3O6S/c1-3-28-13-6-4-12(5-7-13)18-22-17(29-23-18)11-21-30(25,26)14-8-9-16(20)15(10-14)19(24)27-2/h4-10,21H,3,11H2,1-2H3. The summed E-state index contributed by atoms with van der Waals surface area (Å²) in [5.41, 5.74) is 0.634. The number of benzene rings is 2. The Morgan fingerprint density at radius 1 is 1.20 bits per heavy atom. The lowest BCUT2D eigenvalue weighted by atomic mass is 10.2. The van der Waals surface area contributed by atoms with Crippen molar-refractivity contribution in [1.29, 1.82) is 0 Å². The number of methoxy groups -OCH3 is 1. The molecule has 0 aliphatic rings. The van der Waals surface area contributed by atoms with Crippen LogP contribution in [0.4, 0.5) is 0 Å². The second-order valence-corrected chi connectivity index (χ2v) is 8.10. The van der Waals surface area contributed by atoms with Crippen molar-refractivity contribution >= 4 is 27.6 Å². The summed E-state index contributed by atoms with van der Waals surface area (Å²) in [5, 5.41) is 3.94. The average molecular weight is 452 g/mol. The smallest absolute Gasteiger partial charge is 0.339 e. The number of esters is 1. The molecule has 0 aliphatic heterocycles. The summed E-state index contributed by atoms with van der Waals surface area (Å²) in [6.45, 7) is 2.21. The number of carbonyl (C=O) groups is 1. The van der Waals surface area contributed by atoms with Gasteiger partial charge >= 0.3 is 5.97 Å². The number of hydrogen-bond acceptors (Lipinski definition) is 8. The van der Waals surface area contributed by atoms with Crippen molar-refractivity contribution in [3.8, 4) is 17.1 Å². The minimum Gasteiger partial charge on any atom is -0.494 e. The zero-order chi connectivity index (χ0) is 21.7. The average Bonchev–Trinajstić information content (AvgIpc) is 3.22. The Bertz CT molecular complexity index is 1150. The molecular formula is C19H18ClN3O6S. The molecular weight excluding hydrogens is 434 g/mol. The van der Waals surface area contributed by atoms with Gasteiger partial charge in [-0.1, -0.05) is 16.8 Å². The highest BCUT2D eigenvalue weighted by atomic mass is 35.5. The fraction of sp³-hybridized carbons (Fsp3) is 0.211. The monoisotopic (exact) mass is 451 g/mol. The lowest BCUT2D eigenvalue weighted by Gasteiger charge is -2.07. The number of nitrogens with zero attached hydrogens (tertiary/aromatic N) is 2. The Balaban J connectivity index is 1.72. The van der Waals surface area contributed by atoms with Gasteiger partial charge in [0.2, 0.25) is 21.7 Å². The van der Waals surface area contributed by atoms with E-state index in [1.807, 2.05) is 6.92 Å². The van der Waals surface area contributed by atoms with Gasteiger partial charge in [-0.2, -0.15) is 4.98 Å². The Labute approximate surface area is 178 Å². The van der Waals surface area contributed by atoms with Crippen LogP contribution < -0.4 is 9.46 Å². The molecule has 0 atom stereocenters. The first-order chi connectivity index (χ1) is 14.3. The molecule has 0 spiro atoms. The van der Waals surface area contributed by atoms with Crippen LogP contribution in [-0.2, 0) is 21.3 Å². The Morgan fingerprint density at radius 3 is 2.60 bits per heavy atom. The maximum atomic E-state index is 12.5.